The Kier molecular flexibility index (Phi) is 6.09. The van der Waals surface area contributed by atoms with Gasteiger partial charge in [0.15, 0.2) is 0 Å². The van der Waals surface area contributed by atoms with Gasteiger partial charge < -0.3 is 11.1 Å². The van der Waals surface area contributed by atoms with Crippen molar-refractivity contribution < 1.29 is 4.79 Å². The number of nitrogens with zero attached hydrogens (tertiary/aromatic N) is 2. The Bertz CT molecular complexity index is 732. The summed E-state index contributed by atoms with van der Waals surface area (Å²) < 4.78 is 1.92. The number of carbonyl (C=O) groups excluding carboxylic acids is 1. The summed E-state index contributed by atoms with van der Waals surface area (Å²) in [7, 11) is 0. The number of amides is 1. The summed E-state index contributed by atoms with van der Waals surface area (Å²) in [5, 5.41) is 7.82. The van der Waals surface area contributed by atoms with Crippen LogP contribution in [0.1, 0.15) is 49.1 Å². The van der Waals surface area contributed by atoms with Gasteiger partial charge in [-0.3, -0.25) is 4.79 Å². The van der Waals surface area contributed by atoms with E-state index in [1.165, 1.54) is 32.1 Å². The van der Waals surface area contributed by atoms with Gasteiger partial charge in [-0.05, 0) is 44.7 Å². The Morgan fingerprint density at radius 2 is 1.92 bits per heavy atom. The molecule has 1 heterocycles. The van der Waals surface area contributed by atoms with Gasteiger partial charge in [0.2, 0.25) is 5.91 Å². The molecule has 0 radical (unpaired) electrons. The van der Waals surface area contributed by atoms with Crippen LogP contribution >= 0.6 is 0 Å². The van der Waals surface area contributed by atoms with Crippen molar-refractivity contribution in [1.82, 2.24) is 15.1 Å². The number of benzene rings is 1. The molecule has 1 fully saturated rings. The first-order valence-corrected chi connectivity index (χ1v) is 9.70. The summed E-state index contributed by atoms with van der Waals surface area (Å²) in [6.07, 6.45) is 6.50. The number of hydrogen-bond acceptors (Lipinski definition) is 3. The number of nitrogens with one attached hydrogen (secondary N) is 1. The number of para-hydroxylation sites is 1. The van der Waals surface area contributed by atoms with Crippen LogP contribution in [0.15, 0.2) is 30.3 Å². The van der Waals surface area contributed by atoms with Crippen molar-refractivity contribution in [2.75, 3.05) is 6.54 Å². The zero-order valence-corrected chi connectivity index (χ0v) is 15.9. The molecule has 140 valence electrons. The topological polar surface area (TPSA) is 72.9 Å². The normalized spacial score (nSPS) is 16.4. The number of aryl methyl sites for hydroxylation is 1. The quantitative estimate of drug-likeness (QED) is 0.837. The maximum Gasteiger partial charge on any atom is 0.224 e. The average Bonchev–Trinajstić information content (AvgIpc) is 2.95. The predicted molar refractivity (Wildman–Crippen MR) is 104 cm³/mol. The molecule has 2 aromatic rings. The molecule has 5 heteroatoms. The number of hydrogen-bond donors (Lipinski definition) is 2. The van der Waals surface area contributed by atoms with Crippen LogP contribution in [0.5, 0.6) is 0 Å². The third-order valence-electron chi connectivity index (χ3n) is 5.60. The van der Waals surface area contributed by atoms with Gasteiger partial charge >= 0.3 is 0 Å². The van der Waals surface area contributed by atoms with E-state index in [1.807, 2.05) is 48.9 Å². The summed E-state index contributed by atoms with van der Waals surface area (Å²) in [5.74, 6) is 0.566. The van der Waals surface area contributed by atoms with Gasteiger partial charge in [0.1, 0.15) is 0 Å². The lowest BCUT2D eigenvalue weighted by atomic mass is 9.84. The molecule has 0 bridgehead atoms. The molecule has 5 nitrogen and oxygen atoms in total. The molecule has 0 spiro atoms. The molecular weight excluding hydrogens is 324 g/mol. The smallest absolute Gasteiger partial charge is 0.224 e. The SMILES string of the molecule is Cc1nn(-c2ccccc2)c(C)c1CC(=O)NC(CN)C1CCCCC1. The van der Waals surface area contributed by atoms with Crippen LogP contribution in [0.2, 0.25) is 0 Å². The lowest BCUT2D eigenvalue weighted by molar-refractivity contribution is -0.121. The van der Waals surface area contributed by atoms with Crippen molar-refractivity contribution >= 4 is 5.91 Å². The Hall–Kier alpha value is -2.14. The van der Waals surface area contributed by atoms with E-state index < -0.39 is 0 Å². The molecule has 1 aromatic heterocycles. The molecule has 0 aliphatic heterocycles. The molecule has 1 atom stereocenters. The lowest BCUT2D eigenvalue weighted by Crippen LogP contribution is -2.46. The van der Waals surface area contributed by atoms with Crippen LogP contribution in [-0.4, -0.2) is 28.3 Å². The third kappa shape index (κ3) is 4.15. The summed E-state index contributed by atoms with van der Waals surface area (Å²) in [6.45, 7) is 4.51. The van der Waals surface area contributed by atoms with Crippen LogP contribution in [0, 0.1) is 19.8 Å². The highest BCUT2D eigenvalue weighted by Crippen LogP contribution is 2.26. The zero-order chi connectivity index (χ0) is 18.5. The zero-order valence-electron chi connectivity index (χ0n) is 15.9. The van der Waals surface area contributed by atoms with Crippen LogP contribution < -0.4 is 11.1 Å². The highest BCUT2D eigenvalue weighted by molar-refractivity contribution is 5.79. The van der Waals surface area contributed by atoms with Gasteiger partial charge in [-0.1, -0.05) is 37.5 Å². The highest BCUT2D eigenvalue weighted by atomic mass is 16.1. The highest BCUT2D eigenvalue weighted by Gasteiger charge is 2.25. The van der Waals surface area contributed by atoms with E-state index in [1.54, 1.807) is 0 Å². The number of carbonyl (C=O) groups is 1. The minimum Gasteiger partial charge on any atom is -0.352 e. The molecule has 1 aromatic carbocycles. The fourth-order valence-electron chi connectivity index (χ4n) is 4.08. The van der Waals surface area contributed by atoms with Crippen LogP contribution in [0.3, 0.4) is 0 Å². The number of rotatable bonds is 6. The molecule has 3 N–H and O–H groups in total. The van der Waals surface area contributed by atoms with Gasteiger partial charge in [0.25, 0.3) is 0 Å². The third-order valence-corrected chi connectivity index (χ3v) is 5.60. The van der Waals surface area contributed by atoms with Crippen LogP contribution in [0.4, 0.5) is 0 Å². The Labute approximate surface area is 156 Å². The fraction of sp³-hybridized carbons (Fsp3) is 0.524. The molecule has 1 aliphatic rings. The Morgan fingerprint density at radius 1 is 1.23 bits per heavy atom. The van der Waals surface area contributed by atoms with Gasteiger partial charge in [0, 0.05) is 23.8 Å². The van der Waals surface area contributed by atoms with E-state index in [4.69, 9.17) is 5.73 Å². The molecule has 0 saturated heterocycles. The molecule has 26 heavy (non-hydrogen) atoms. The minimum atomic E-state index is 0.0461. The first-order chi connectivity index (χ1) is 12.6. The van der Waals surface area contributed by atoms with Crippen LogP contribution in [0.25, 0.3) is 5.69 Å². The summed E-state index contributed by atoms with van der Waals surface area (Å²) >= 11 is 0. The molecule has 1 unspecified atom stereocenters. The minimum absolute atomic E-state index is 0.0461. The second-order valence-corrected chi connectivity index (χ2v) is 7.38. The molecular formula is C21H30N4O. The molecule has 1 amide bonds. The van der Waals surface area contributed by atoms with Crippen LogP contribution in [-0.2, 0) is 11.2 Å². The molecule has 1 aliphatic carbocycles. The second kappa shape index (κ2) is 8.49. The standard InChI is InChI=1S/C21H30N4O/c1-15-19(16(2)25(24-15)18-11-7-4-8-12-18)13-21(26)23-20(14-22)17-9-5-3-6-10-17/h4,7-8,11-12,17,20H,3,5-6,9-10,13-14,22H2,1-2H3,(H,23,26). The Morgan fingerprint density at radius 3 is 2.58 bits per heavy atom. The number of nitrogens with two attached hydrogens (primary N) is 1. The van der Waals surface area contributed by atoms with E-state index in [0.29, 0.717) is 18.9 Å². The Balaban J connectivity index is 1.70. The second-order valence-electron chi connectivity index (χ2n) is 7.38. The summed E-state index contributed by atoms with van der Waals surface area (Å²) in [5.41, 5.74) is 9.90. The van der Waals surface area contributed by atoms with E-state index in [-0.39, 0.29) is 11.9 Å². The van der Waals surface area contributed by atoms with Crippen molar-refractivity contribution in [1.29, 1.82) is 0 Å². The largest absolute Gasteiger partial charge is 0.352 e. The lowest BCUT2D eigenvalue weighted by Gasteiger charge is -2.30. The van der Waals surface area contributed by atoms with Crippen molar-refractivity contribution in [3.63, 3.8) is 0 Å². The van der Waals surface area contributed by atoms with Gasteiger partial charge in [-0.25, -0.2) is 4.68 Å². The van der Waals surface area contributed by atoms with Gasteiger partial charge in [-0.15, -0.1) is 0 Å². The molecule has 3 rings (SSSR count). The van der Waals surface area contributed by atoms with Gasteiger partial charge in [-0.2, -0.15) is 5.10 Å². The maximum atomic E-state index is 12.7. The van der Waals surface area contributed by atoms with E-state index >= 15 is 0 Å². The monoisotopic (exact) mass is 354 g/mol. The average molecular weight is 354 g/mol. The first kappa shape index (κ1) is 18.6. The predicted octanol–water partition coefficient (Wildman–Crippen LogP) is 3.06. The maximum absolute atomic E-state index is 12.7. The van der Waals surface area contributed by atoms with Crippen molar-refractivity contribution in [3.05, 3.63) is 47.3 Å². The van der Waals surface area contributed by atoms with E-state index in [2.05, 4.69) is 10.4 Å². The summed E-state index contributed by atoms with van der Waals surface area (Å²) in [4.78, 5) is 12.7. The van der Waals surface area contributed by atoms with Gasteiger partial charge in [0.05, 0.1) is 17.8 Å². The first-order valence-electron chi connectivity index (χ1n) is 9.70. The molecule has 1 saturated carbocycles. The number of aromatic nitrogens is 2. The van der Waals surface area contributed by atoms with Crippen molar-refractivity contribution in [2.45, 2.75) is 58.4 Å². The van der Waals surface area contributed by atoms with E-state index in [0.717, 1.165) is 22.6 Å². The van der Waals surface area contributed by atoms with E-state index in [9.17, 15) is 4.79 Å². The summed E-state index contributed by atoms with van der Waals surface area (Å²) in [6, 6.07) is 10.1. The van der Waals surface area contributed by atoms with Crippen molar-refractivity contribution in [2.24, 2.45) is 11.7 Å². The van der Waals surface area contributed by atoms with Crippen molar-refractivity contribution in [3.8, 4) is 5.69 Å². The fourth-order valence-corrected chi connectivity index (χ4v) is 4.08.